The van der Waals surface area contributed by atoms with E-state index >= 15 is 0 Å². The number of carbonyl (C=O) groups is 4. The Bertz CT molecular complexity index is 1520. The summed E-state index contributed by atoms with van der Waals surface area (Å²) >= 11 is 0. The number of nitrogens with zero attached hydrogens (tertiary/aromatic N) is 2. The Morgan fingerprint density at radius 2 is 1.85 bits per heavy atom. The summed E-state index contributed by atoms with van der Waals surface area (Å²) in [5.41, 5.74) is -2.00. The van der Waals surface area contributed by atoms with Gasteiger partial charge in [-0.05, 0) is 75.6 Å². The summed E-state index contributed by atoms with van der Waals surface area (Å²) in [7, 11) is 2.87. The van der Waals surface area contributed by atoms with E-state index in [9.17, 15) is 19.2 Å². The molecule has 1 saturated heterocycles. The van der Waals surface area contributed by atoms with Crippen LogP contribution in [0.5, 0.6) is 11.6 Å². The lowest BCUT2D eigenvalue weighted by Gasteiger charge is -2.35. The van der Waals surface area contributed by atoms with Crippen LogP contribution in [0.1, 0.15) is 65.7 Å². The molecule has 5 rings (SSSR count). The quantitative estimate of drug-likeness (QED) is 0.284. The van der Waals surface area contributed by atoms with Gasteiger partial charge >= 0.3 is 12.1 Å². The Kier molecular flexibility index (Phi) is 9.97. The molecule has 0 spiro atoms. The van der Waals surface area contributed by atoms with E-state index in [2.05, 4.69) is 22.2 Å². The molecule has 3 fully saturated rings. The first-order valence-electron chi connectivity index (χ1n) is 16.3. The normalized spacial score (nSPS) is 25.0. The number of amides is 3. The third kappa shape index (κ3) is 7.47. The number of nitrogens with one attached hydrogen (secondary N) is 2. The lowest BCUT2D eigenvalue weighted by molar-refractivity contribution is -0.148. The topological polar surface area (TPSA) is 145 Å². The molecule has 47 heavy (non-hydrogen) atoms. The predicted molar refractivity (Wildman–Crippen MR) is 174 cm³/mol. The molecule has 12 nitrogen and oxygen atoms in total. The van der Waals surface area contributed by atoms with Crippen molar-refractivity contribution >= 4 is 34.6 Å². The standard InChI is InChI=1S/C35H46N4O8/c1-7-23-19-35(23,32(42)45-6)38-29(40)27-18-25(46-30-26-14-13-24(44-5)17-22(26)15-16-36-30)20-39(27)31(41)28(21-11-9-8-10-12-21)37-33(43)47-34(2,3)4/h7,13-17,21,23,25,27-28H,1,8-12,18-20H2,2-6H3,(H,37,43)(H,38,40)/t23-,25-,27+,28+,35-/m1/s1. The molecule has 3 aliphatic rings. The number of fused-ring (bicyclic) bond motifs is 1. The van der Waals surface area contributed by atoms with Gasteiger partial charge in [-0.15, -0.1) is 6.58 Å². The van der Waals surface area contributed by atoms with Gasteiger partial charge in [0, 0.05) is 23.9 Å². The van der Waals surface area contributed by atoms with Gasteiger partial charge in [0.15, 0.2) is 0 Å². The second kappa shape index (κ2) is 13.8. The van der Waals surface area contributed by atoms with Gasteiger partial charge < -0.3 is 34.5 Å². The SMILES string of the molecule is C=C[C@@H]1C[C@]1(NC(=O)[C@@H]1C[C@@H](Oc2nccc3cc(OC)ccc23)CN1C(=O)[C@@H](NC(=O)OC(C)(C)C)C1CCCCC1)C(=O)OC. The highest BCUT2D eigenvalue weighted by Crippen LogP contribution is 2.45. The van der Waals surface area contributed by atoms with Crippen LogP contribution in [0.2, 0.25) is 0 Å². The van der Waals surface area contributed by atoms with Crippen molar-refractivity contribution in [3.05, 3.63) is 43.1 Å². The Morgan fingerprint density at radius 1 is 1.11 bits per heavy atom. The van der Waals surface area contributed by atoms with Crippen molar-refractivity contribution < 1.29 is 38.1 Å². The smallest absolute Gasteiger partial charge is 0.408 e. The summed E-state index contributed by atoms with van der Waals surface area (Å²) < 4.78 is 22.3. The fourth-order valence-corrected chi connectivity index (χ4v) is 6.83. The third-order valence-corrected chi connectivity index (χ3v) is 9.32. The zero-order chi connectivity index (χ0) is 33.9. The second-order valence-electron chi connectivity index (χ2n) is 13.7. The minimum atomic E-state index is -1.24. The summed E-state index contributed by atoms with van der Waals surface area (Å²) in [5.74, 6) is -0.843. The molecule has 2 N–H and O–H groups in total. The van der Waals surface area contributed by atoms with Crippen LogP contribution in [0.15, 0.2) is 43.1 Å². The second-order valence-corrected chi connectivity index (χ2v) is 13.7. The Balaban J connectivity index is 1.45. The highest BCUT2D eigenvalue weighted by Gasteiger charge is 2.62. The minimum absolute atomic E-state index is 0.0699. The molecule has 0 unspecified atom stereocenters. The number of methoxy groups -OCH3 is 2. The zero-order valence-electron chi connectivity index (χ0n) is 27.9. The molecule has 1 aliphatic heterocycles. The van der Waals surface area contributed by atoms with Crippen LogP contribution < -0.4 is 20.1 Å². The zero-order valence-corrected chi connectivity index (χ0v) is 27.9. The summed E-state index contributed by atoms with van der Waals surface area (Å²) in [6.45, 7) is 9.14. The van der Waals surface area contributed by atoms with E-state index in [4.69, 9.17) is 18.9 Å². The number of benzene rings is 1. The average Bonchev–Trinajstić information content (AvgIpc) is 3.60. The third-order valence-electron chi connectivity index (χ3n) is 9.32. The minimum Gasteiger partial charge on any atom is -0.497 e. The molecule has 3 amide bonds. The number of pyridine rings is 1. The van der Waals surface area contributed by atoms with Crippen molar-refractivity contribution in [3.8, 4) is 11.6 Å². The highest BCUT2D eigenvalue weighted by atomic mass is 16.6. The molecular formula is C35H46N4O8. The molecule has 0 radical (unpaired) electrons. The number of alkyl carbamates (subject to hydrolysis) is 1. The van der Waals surface area contributed by atoms with Gasteiger partial charge in [0.05, 0.1) is 20.8 Å². The summed E-state index contributed by atoms with van der Waals surface area (Å²) in [6, 6.07) is 5.50. The number of carbonyl (C=O) groups excluding carboxylic acids is 4. The molecule has 1 aromatic heterocycles. The van der Waals surface area contributed by atoms with E-state index in [0.717, 1.165) is 42.9 Å². The maximum atomic E-state index is 14.5. The van der Waals surface area contributed by atoms with E-state index < -0.39 is 53.2 Å². The van der Waals surface area contributed by atoms with E-state index in [1.54, 1.807) is 40.2 Å². The van der Waals surface area contributed by atoms with Gasteiger partial charge in [-0.2, -0.15) is 0 Å². The molecule has 2 aliphatic carbocycles. The first-order chi connectivity index (χ1) is 22.4. The number of rotatable bonds is 10. The summed E-state index contributed by atoms with van der Waals surface area (Å²) in [6.07, 6.45) is 6.88. The van der Waals surface area contributed by atoms with E-state index in [1.807, 2.05) is 24.3 Å². The molecular weight excluding hydrogens is 604 g/mol. The predicted octanol–water partition coefficient (Wildman–Crippen LogP) is 4.30. The van der Waals surface area contributed by atoms with Crippen molar-refractivity contribution in [2.24, 2.45) is 11.8 Å². The molecule has 2 saturated carbocycles. The van der Waals surface area contributed by atoms with E-state index in [0.29, 0.717) is 18.1 Å². The number of hydrogen-bond donors (Lipinski definition) is 2. The average molecular weight is 651 g/mol. The highest BCUT2D eigenvalue weighted by molar-refractivity contribution is 5.96. The first kappa shape index (κ1) is 34.0. The number of likely N-dealkylation sites (tertiary alicyclic amines) is 1. The maximum absolute atomic E-state index is 14.5. The van der Waals surface area contributed by atoms with Crippen molar-refractivity contribution in [1.82, 2.24) is 20.5 Å². The molecule has 0 bridgehead atoms. The summed E-state index contributed by atoms with van der Waals surface area (Å²) in [4.78, 5) is 60.3. The summed E-state index contributed by atoms with van der Waals surface area (Å²) in [5, 5.41) is 7.34. The Hall–Kier alpha value is -4.35. The van der Waals surface area contributed by atoms with Crippen LogP contribution in [0.25, 0.3) is 10.8 Å². The van der Waals surface area contributed by atoms with Crippen molar-refractivity contribution in [3.63, 3.8) is 0 Å². The number of aromatic nitrogens is 1. The van der Waals surface area contributed by atoms with Gasteiger partial charge in [0.2, 0.25) is 17.7 Å². The molecule has 12 heteroatoms. The van der Waals surface area contributed by atoms with Crippen LogP contribution in [0.4, 0.5) is 4.79 Å². The van der Waals surface area contributed by atoms with E-state index in [-0.39, 0.29) is 24.8 Å². The monoisotopic (exact) mass is 650 g/mol. The van der Waals surface area contributed by atoms with Gasteiger partial charge in [-0.25, -0.2) is 14.6 Å². The van der Waals surface area contributed by atoms with Crippen LogP contribution in [0.3, 0.4) is 0 Å². The van der Waals surface area contributed by atoms with Gasteiger partial charge in [0.1, 0.15) is 35.1 Å². The van der Waals surface area contributed by atoms with Gasteiger partial charge in [0.25, 0.3) is 0 Å². The van der Waals surface area contributed by atoms with Crippen molar-refractivity contribution in [2.45, 2.75) is 95.0 Å². The maximum Gasteiger partial charge on any atom is 0.408 e. The van der Waals surface area contributed by atoms with Crippen molar-refractivity contribution in [1.29, 1.82) is 0 Å². The number of esters is 1. The van der Waals surface area contributed by atoms with Crippen LogP contribution >= 0.6 is 0 Å². The molecule has 1 aromatic carbocycles. The molecule has 254 valence electrons. The van der Waals surface area contributed by atoms with Crippen molar-refractivity contribution in [2.75, 3.05) is 20.8 Å². The number of ether oxygens (including phenoxy) is 4. The lowest BCUT2D eigenvalue weighted by atomic mass is 9.83. The van der Waals surface area contributed by atoms with Crippen LogP contribution in [-0.4, -0.2) is 83.9 Å². The lowest BCUT2D eigenvalue weighted by Crippen LogP contribution is -2.58. The fraction of sp³-hybridized carbons (Fsp3) is 0.571. The van der Waals surface area contributed by atoms with Gasteiger partial charge in [-0.1, -0.05) is 25.3 Å². The van der Waals surface area contributed by atoms with Crippen LogP contribution in [-0.2, 0) is 23.9 Å². The fourth-order valence-electron chi connectivity index (χ4n) is 6.83. The van der Waals surface area contributed by atoms with Crippen LogP contribution in [0, 0.1) is 11.8 Å². The Morgan fingerprint density at radius 3 is 2.49 bits per heavy atom. The number of hydrogen-bond acceptors (Lipinski definition) is 9. The molecule has 2 aromatic rings. The molecule has 5 atom stereocenters. The molecule has 2 heterocycles. The Labute approximate surface area is 275 Å². The van der Waals surface area contributed by atoms with E-state index in [1.165, 1.54) is 12.0 Å². The van der Waals surface area contributed by atoms with Gasteiger partial charge in [-0.3, -0.25) is 9.59 Å². The largest absolute Gasteiger partial charge is 0.497 e. The first-order valence-corrected chi connectivity index (χ1v) is 16.3.